The summed E-state index contributed by atoms with van der Waals surface area (Å²) < 4.78 is 27.2. The number of rotatable bonds is 7. The second-order valence-corrected chi connectivity index (χ2v) is 10.2. The Bertz CT molecular complexity index is 1140. The molecular formula is C16H18N8O3S3. The normalized spacial score (nSPS) is 12.3. The summed E-state index contributed by atoms with van der Waals surface area (Å²) in [7, 11) is -3.81. The number of nitrogens with one attached hydrogen (secondary N) is 2. The van der Waals surface area contributed by atoms with Crippen LogP contribution in [0.4, 0.5) is 22.5 Å². The molecule has 0 aliphatic carbocycles. The maximum atomic E-state index is 12.4. The van der Waals surface area contributed by atoms with Crippen molar-refractivity contribution in [1.82, 2.24) is 20.2 Å². The summed E-state index contributed by atoms with van der Waals surface area (Å²) in [5, 5.41) is 10.8. The molecule has 0 spiro atoms. The number of amides is 1. The summed E-state index contributed by atoms with van der Waals surface area (Å²) in [5.74, 6) is 0.112. The van der Waals surface area contributed by atoms with Crippen molar-refractivity contribution in [2.24, 2.45) is 0 Å². The number of aryl methyl sites for hydroxylation is 1. The second-order valence-electron chi connectivity index (χ2n) is 6.01. The summed E-state index contributed by atoms with van der Waals surface area (Å²) >= 11 is 2.23. The number of aromatic nitrogens is 4. The minimum Gasteiger partial charge on any atom is -0.383 e. The molecule has 2 aromatic heterocycles. The summed E-state index contributed by atoms with van der Waals surface area (Å²) in [4.78, 5) is 20.5. The van der Waals surface area contributed by atoms with E-state index in [1.165, 1.54) is 30.3 Å². The maximum Gasteiger partial charge on any atom is 0.263 e. The highest BCUT2D eigenvalue weighted by atomic mass is 32.2. The third-order valence-corrected chi connectivity index (χ3v) is 6.78. The van der Waals surface area contributed by atoms with Crippen molar-refractivity contribution in [3.05, 3.63) is 35.3 Å². The minimum absolute atomic E-state index is 0.0272. The van der Waals surface area contributed by atoms with Gasteiger partial charge in [0.2, 0.25) is 11.0 Å². The second kappa shape index (κ2) is 8.81. The molecule has 2 heterocycles. The van der Waals surface area contributed by atoms with E-state index < -0.39 is 15.3 Å². The average Bonchev–Trinajstić information content (AvgIpc) is 3.05. The van der Waals surface area contributed by atoms with Crippen LogP contribution in [0, 0.1) is 6.92 Å². The lowest BCUT2D eigenvalue weighted by atomic mass is 10.3. The SMILES string of the molecule is Cc1nnc(NS(=O)(=O)c2ccc(NC(=O)C(C)Sc3nc(N)cc(N)n3)cc2)s1. The molecule has 0 bridgehead atoms. The van der Waals surface area contributed by atoms with Gasteiger partial charge in [0.25, 0.3) is 10.0 Å². The van der Waals surface area contributed by atoms with E-state index in [1.54, 1.807) is 13.8 Å². The van der Waals surface area contributed by atoms with Crippen LogP contribution in [0.15, 0.2) is 40.4 Å². The van der Waals surface area contributed by atoms with Crippen LogP contribution in [0.5, 0.6) is 0 Å². The Balaban J connectivity index is 1.63. The zero-order valence-corrected chi connectivity index (χ0v) is 18.3. The lowest BCUT2D eigenvalue weighted by molar-refractivity contribution is -0.115. The van der Waals surface area contributed by atoms with Crippen LogP contribution < -0.4 is 21.5 Å². The molecule has 0 aliphatic heterocycles. The van der Waals surface area contributed by atoms with E-state index in [0.717, 1.165) is 23.1 Å². The molecule has 0 fully saturated rings. The van der Waals surface area contributed by atoms with E-state index in [1.807, 2.05) is 0 Å². The Morgan fingerprint density at radius 2 is 1.77 bits per heavy atom. The number of benzene rings is 1. The van der Waals surface area contributed by atoms with E-state index >= 15 is 0 Å². The Kier molecular flexibility index (Phi) is 6.38. The van der Waals surface area contributed by atoms with Gasteiger partial charge >= 0.3 is 0 Å². The summed E-state index contributed by atoms with van der Waals surface area (Å²) in [5.41, 5.74) is 11.7. The quantitative estimate of drug-likeness (QED) is 0.296. The summed E-state index contributed by atoms with van der Waals surface area (Å²) in [6.07, 6.45) is 0. The predicted molar refractivity (Wildman–Crippen MR) is 117 cm³/mol. The molecule has 6 N–H and O–H groups in total. The number of hydrogen-bond acceptors (Lipinski definition) is 11. The van der Waals surface area contributed by atoms with Crippen LogP contribution in [0.1, 0.15) is 11.9 Å². The lowest BCUT2D eigenvalue weighted by Crippen LogP contribution is -2.23. The number of thioether (sulfide) groups is 1. The van der Waals surface area contributed by atoms with Crippen LogP contribution in [-0.4, -0.2) is 39.7 Å². The highest BCUT2D eigenvalue weighted by molar-refractivity contribution is 8.00. The molecule has 1 aromatic carbocycles. The molecule has 3 aromatic rings. The van der Waals surface area contributed by atoms with Crippen molar-refractivity contribution in [2.75, 3.05) is 21.5 Å². The first-order valence-corrected chi connectivity index (χ1v) is 11.6. The van der Waals surface area contributed by atoms with E-state index in [4.69, 9.17) is 11.5 Å². The first-order chi connectivity index (χ1) is 14.1. The topological polar surface area (TPSA) is 179 Å². The molecule has 158 valence electrons. The Morgan fingerprint density at radius 3 is 2.33 bits per heavy atom. The van der Waals surface area contributed by atoms with Crippen molar-refractivity contribution in [1.29, 1.82) is 0 Å². The van der Waals surface area contributed by atoms with Crippen molar-refractivity contribution in [3.8, 4) is 0 Å². The van der Waals surface area contributed by atoms with Gasteiger partial charge in [0.05, 0.1) is 10.1 Å². The van der Waals surface area contributed by atoms with Gasteiger partial charge in [-0.1, -0.05) is 23.1 Å². The predicted octanol–water partition coefficient (Wildman–Crippen LogP) is 1.72. The Morgan fingerprint density at radius 1 is 1.13 bits per heavy atom. The maximum absolute atomic E-state index is 12.4. The van der Waals surface area contributed by atoms with Crippen LogP contribution in [0.2, 0.25) is 0 Å². The third kappa shape index (κ3) is 5.55. The van der Waals surface area contributed by atoms with Gasteiger partial charge < -0.3 is 16.8 Å². The first-order valence-electron chi connectivity index (χ1n) is 8.43. The number of carbonyl (C=O) groups is 1. The number of sulfonamides is 1. The van der Waals surface area contributed by atoms with Gasteiger partial charge in [0, 0.05) is 11.8 Å². The average molecular weight is 467 g/mol. The van der Waals surface area contributed by atoms with Gasteiger partial charge in [-0.3, -0.25) is 9.52 Å². The van der Waals surface area contributed by atoms with Gasteiger partial charge in [-0.05, 0) is 38.1 Å². The standard InChI is InChI=1S/C16H18N8O3S3/c1-8(28-15-20-12(17)7-13(18)21-15)14(25)19-10-3-5-11(6-4-10)30(26,27)24-16-23-22-9(2)29-16/h3-8H,1-2H3,(H,19,25)(H,23,24)(H4,17,18,20,21). The number of anilines is 4. The molecule has 0 saturated heterocycles. The molecule has 0 saturated carbocycles. The van der Waals surface area contributed by atoms with Crippen LogP contribution in [-0.2, 0) is 14.8 Å². The first kappa shape index (κ1) is 21.7. The van der Waals surface area contributed by atoms with Crippen molar-refractivity contribution in [3.63, 3.8) is 0 Å². The fourth-order valence-corrected chi connectivity index (χ4v) is 4.82. The number of hydrogen-bond donors (Lipinski definition) is 4. The van der Waals surface area contributed by atoms with E-state index in [2.05, 4.69) is 30.2 Å². The van der Waals surface area contributed by atoms with Crippen molar-refractivity contribution in [2.45, 2.75) is 29.1 Å². The van der Waals surface area contributed by atoms with E-state index in [0.29, 0.717) is 10.7 Å². The fraction of sp³-hybridized carbons (Fsp3) is 0.188. The van der Waals surface area contributed by atoms with Crippen LogP contribution in [0.25, 0.3) is 0 Å². The Hall–Kier alpha value is -2.97. The molecule has 3 rings (SSSR count). The molecular weight excluding hydrogens is 448 g/mol. The van der Waals surface area contributed by atoms with Crippen molar-refractivity contribution >= 4 is 61.5 Å². The molecule has 1 amide bonds. The fourth-order valence-electron chi connectivity index (χ4n) is 2.20. The minimum atomic E-state index is -3.81. The molecule has 11 nitrogen and oxygen atoms in total. The molecule has 0 aliphatic rings. The zero-order chi connectivity index (χ0) is 21.9. The molecule has 14 heteroatoms. The molecule has 0 radical (unpaired) electrons. The zero-order valence-electron chi connectivity index (χ0n) is 15.9. The summed E-state index contributed by atoms with van der Waals surface area (Å²) in [6.45, 7) is 3.40. The number of nitrogens with two attached hydrogens (primary N) is 2. The molecule has 1 unspecified atom stereocenters. The number of nitrogens with zero attached hydrogens (tertiary/aromatic N) is 4. The monoisotopic (exact) mass is 466 g/mol. The van der Waals surface area contributed by atoms with Gasteiger partial charge in [-0.2, -0.15) is 0 Å². The smallest absolute Gasteiger partial charge is 0.263 e. The van der Waals surface area contributed by atoms with E-state index in [-0.39, 0.29) is 32.7 Å². The highest BCUT2D eigenvalue weighted by Gasteiger charge is 2.19. The molecule has 1 atom stereocenters. The van der Waals surface area contributed by atoms with Gasteiger partial charge in [-0.15, -0.1) is 10.2 Å². The molecule has 30 heavy (non-hydrogen) atoms. The highest BCUT2D eigenvalue weighted by Crippen LogP contribution is 2.24. The van der Waals surface area contributed by atoms with Crippen LogP contribution in [0.3, 0.4) is 0 Å². The van der Waals surface area contributed by atoms with Gasteiger partial charge in [0.1, 0.15) is 16.6 Å². The number of carbonyl (C=O) groups excluding carboxylic acids is 1. The lowest BCUT2D eigenvalue weighted by Gasteiger charge is -2.12. The summed E-state index contributed by atoms with van der Waals surface area (Å²) in [6, 6.07) is 7.16. The largest absolute Gasteiger partial charge is 0.383 e. The number of nitrogen functional groups attached to an aromatic ring is 2. The third-order valence-electron chi connectivity index (χ3n) is 3.58. The van der Waals surface area contributed by atoms with Gasteiger partial charge in [-0.25, -0.2) is 18.4 Å². The van der Waals surface area contributed by atoms with Crippen molar-refractivity contribution < 1.29 is 13.2 Å². The van der Waals surface area contributed by atoms with E-state index in [9.17, 15) is 13.2 Å². The van der Waals surface area contributed by atoms with Gasteiger partial charge in [0.15, 0.2) is 5.16 Å². The Labute approximate surface area is 180 Å². The van der Waals surface area contributed by atoms with Crippen LogP contribution >= 0.6 is 23.1 Å².